The second kappa shape index (κ2) is 9.09. The number of carbonyl (C=O) groups excluding carboxylic acids is 1. The van der Waals surface area contributed by atoms with E-state index >= 15 is 0 Å². The van der Waals surface area contributed by atoms with Crippen molar-refractivity contribution in [2.24, 2.45) is 5.92 Å². The summed E-state index contributed by atoms with van der Waals surface area (Å²) in [7, 11) is 0. The standard InChI is InChI=1S/C21H22F3N5OS/c1-12(2)18(19(30)25-17-8-6-5-7-16(17)21(22,23)24)31-20-26-27-28-29(20)15-10-9-13(3)14(4)11-15/h5-12,18H,1-4H3,(H,25,30). The molecule has 3 rings (SSSR count). The van der Waals surface area contributed by atoms with E-state index in [1.165, 1.54) is 22.9 Å². The van der Waals surface area contributed by atoms with Crippen LogP contribution in [0.4, 0.5) is 18.9 Å². The summed E-state index contributed by atoms with van der Waals surface area (Å²) in [6, 6.07) is 10.6. The zero-order valence-electron chi connectivity index (χ0n) is 17.4. The van der Waals surface area contributed by atoms with Crippen molar-refractivity contribution in [2.75, 3.05) is 5.32 Å². The number of anilines is 1. The first-order valence-electron chi connectivity index (χ1n) is 9.57. The molecule has 10 heteroatoms. The molecule has 1 heterocycles. The minimum atomic E-state index is -4.57. The van der Waals surface area contributed by atoms with Crippen LogP contribution in [0.2, 0.25) is 0 Å². The lowest BCUT2D eigenvalue weighted by Gasteiger charge is -2.21. The van der Waals surface area contributed by atoms with Crippen LogP contribution in [-0.4, -0.2) is 31.4 Å². The van der Waals surface area contributed by atoms with Crippen LogP contribution in [0.3, 0.4) is 0 Å². The molecule has 1 amide bonds. The molecule has 0 saturated heterocycles. The smallest absolute Gasteiger partial charge is 0.325 e. The second-order valence-corrected chi connectivity index (χ2v) is 8.57. The first-order valence-corrected chi connectivity index (χ1v) is 10.5. The van der Waals surface area contributed by atoms with Crippen molar-refractivity contribution in [3.63, 3.8) is 0 Å². The van der Waals surface area contributed by atoms with E-state index in [4.69, 9.17) is 0 Å². The fraction of sp³-hybridized carbons (Fsp3) is 0.333. The molecule has 3 aromatic rings. The Morgan fingerprint density at radius 2 is 1.81 bits per heavy atom. The van der Waals surface area contributed by atoms with Gasteiger partial charge in [0.05, 0.1) is 22.2 Å². The van der Waals surface area contributed by atoms with Gasteiger partial charge in [0.15, 0.2) is 0 Å². The van der Waals surface area contributed by atoms with Gasteiger partial charge in [0.2, 0.25) is 11.1 Å². The fourth-order valence-electron chi connectivity index (χ4n) is 2.92. The average molecular weight is 450 g/mol. The molecule has 0 bridgehead atoms. The maximum absolute atomic E-state index is 13.3. The molecule has 1 unspecified atom stereocenters. The van der Waals surface area contributed by atoms with Gasteiger partial charge in [0, 0.05) is 0 Å². The molecule has 0 aliphatic carbocycles. The van der Waals surface area contributed by atoms with Crippen molar-refractivity contribution >= 4 is 23.4 Å². The van der Waals surface area contributed by atoms with Gasteiger partial charge in [-0.25, -0.2) is 0 Å². The number of halogens is 3. The summed E-state index contributed by atoms with van der Waals surface area (Å²) in [6.45, 7) is 7.60. The highest BCUT2D eigenvalue weighted by Gasteiger charge is 2.35. The first-order chi connectivity index (χ1) is 14.6. The van der Waals surface area contributed by atoms with Gasteiger partial charge in [-0.2, -0.15) is 17.9 Å². The number of amides is 1. The normalized spacial score (nSPS) is 12.8. The van der Waals surface area contributed by atoms with Gasteiger partial charge in [0.1, 0.15) is 0 Å². The molecule has 0 spiro atoms. The number of para-hydroxylation sites is 1. The fourth-order valence-corrected chi connectivity index (χ4v) is 3.91. The monoisotopic (exact) mass is 449 g/mol. The molecule has 164 valence electrons. The number of benzene rings is 2. The predicted octanol–water partition coefficient (Wildman–Crippen LogP) is 5.05. The van der Waals surface area contributed by atoms with Crippen molar-refractivity contribution < 1.29 is 18.0 Å². The highest BCUT2D eigenvalue weighted by Crippen LogP contribution is 2.35. The number of aromatic nitrogens is 4. The second-order valence-electron chi connectivity index (χ2n) is 7.46. The van der Waals surface area contributed by atoms with Crippen molar-refractivity contribution in [3.05, 3.63) is 59.2 Å². The molecule has 1 N–H and O–H groups in total. The minimum absolute atomic E-state index is 0.187. The third-order valence-corrected chi connectivity index (χ3v) is 6.24. The highest BCUT2D eigenvalue weighted by atomic mass is 32.2. The lowest BCUT2D eigenvalue weighted by molar-refractivity contribution is -0.137. The highest BCUT2D eigenvalue weighted by molar-refractivity contribution is 8.00. The lowest BCUT2D eigenvalue weighted by atomic mass is 10.1. The number of carbonyl (C=O) groups is 1. The summed E-state index contributed by atoms with van der Waals surface area (Å²) in [5.74, 6) is -0.737. The van der Waals surface area contributed by atoms with Crippen molar-refractivity contribution in [1.29, 1.82) is 0 Å². The van der Waals surface area contributed by atoms with Gasteiger partial charge in [0.25, 0.3) is 0 Å². The van der Waals surface area contributed by atoms with Gasteiger partial charge < -0.3 is 5.32 Å². The van der Waals surface area contributed by atoms with E-state index in [0.29, 0.717) is 5.16 Å². The van der Waals surface area contributed by atoms with Crippen LogP contribution in [0.1, 0.15) is 30.5 Å². The Morgan fingerprint density at radius 3 is 2.45 bits per heavy atom. The number of thioether (sulfide) groups is 1. The van der Waals surface area contributed by atoms with Crippen LogP contribution in [0.5, 0.6) is 0 Å². The summed E-state index contributed by atoms with van der Waals surface area (Å²) in [5, 5.41) is 13.8. The number of hydrogen-bond donors (Lipinski definition) is 1. The molecule has 1 atom stereocenters. The Bertz CT molecular complexity index is 1080. The number of hydrogen-bond acceptors (Lipinski definition) is 5. The molecule has 6 nitrogen and oxygen atoms in total. The van der Waals surface area contributed by atoms with Gasteiger partial charge in [-0.1, -0.05) is 43.8 Å². The Labute approximate surface area is 182 Å². The Morgan fingerprint density at radius 1 is 1.10 bits per heavy atom. The van der Waals surface area contributed by atoms with Crippen molar-refractivity contribution in [2.45, 2.75) is 44.3 Å². The molecule has 2 aromatic carbocycles. The maximum Gasteiger partial charge on any atom is 0.418 e. The third-order valence-electron chi connectivity index (χ3n) is 4.76. The minimum Gasteiger partial charge on any atom is -0.325 e. The largest absolute Gasteiger partial charge is 0.418 e. The third kappa shape index (κ3) is 5.25. The van der Waals surface area contributed by atoms with Crippen LogP contribution in [0.15, 0.2) is 47.6 Å². The molecule has 0 aliphatic heterocycles. The number of aryl methyl sites for hydroxylation is 2. The Hall–Kier alpha value is -2.88. The van der Waals surface area contributed by atoms with E-state index in [2.05, 4.69) is 20.8 Å². The molecular formula is C21H22F3N5OS. The van der Waals surface area contributed by atoms with Crippen LogP contribution < -0.4 is 5.32 Å². The zero-order chi connectivity index (χ0) is 22.8. The van der Waals surface area contributed by atoms with Crippen LogP contribution in [0, 0.1) is 19.8 Å². The number of rotatable bonds is 6. The van der Waals surface area contributed by atoms with Crippen LogP contribution >= 0.6 is 11.8 Å². The summed E-state index contributed by atoms with van der Waals surface area (Å²) in [6.07, 6.45) is -4.57. The van der Waals surface area contributed by atoms with Gasteiger partial charge in [-0.15, -0.1) is 5.10 Å². The summed E-state index contributed by atoms with van der Waals surface area (Å²) >= 11 is 1.11. The number of tetrazole rings is 1. The molecule has 0 fully saturated rings. The van der Waals surface area contributed by atoms with Gasteiger partial charge in [-0.05, 0) is 65.6 Å². The van der Waals surface area contributed by atoms with Gasteiger partial charge >= 0.3 is 6.18 Å². The van der Waals surface area contributed by atoms with Crippen molar-refractivity contribution in [3.8, 4) is 5.69 Å². The molecule has 0 aliphatic rings. The van der Waals surface area contributed by atoms with Crippen LogP contribution in [0.25, 0.3) is 5.69 Å². The van der Waals surface area contributed by atoms with E-state index in [0.717, 1.165) is 34.6 Å². The van der Waals surface area contributed by atoms with E-state index in [1.807, 2.05) is 45.9 Å². The molecule has 0 saturated carbocycles. The summed E-state index contributed by atoms with van der Waals surface area (Å²) in [4.78, 5) is 12.9. The zero-order valence-corrected chi connectivity index (χ0v) is 18.3. The van der Waals surface area contributed by atoms with Gasteiger partial charge in [-0.3, -0.25) is 4.79 Å². The van der Waals surface area contributed by atoms with E-state index < -0.39 is 22.9 Å². The molecule has 0 radical (unpaired) electrons. The summed E-state index contributed by atoms with van der Waals surface area (Å²) < 4.78 is 41.4. The average Bonchev–Trinajstić information content (AvgIpc) is 3.16. The summed E-state index contributed by atoms with van der Waals surface area (Å²) in [5.41, 5.74) is 1.75. The first kappa shape index (κ1) is 22.8. The molecule has 1 aromatic heterocycles. The number of nitrogens with one attached hydrogen (secondary N) is 1. The predicted molar refractivity (Wildman–Crippen MR) is 113 cm³/mol. The lowest BCUT2D eigenvalue weighted by Crippen LogP contribution is -2.30. The number of alkyl halides is 3. The van der Waals surface area contributed by atoms with E-state index in [-0.39, 0.29) is 11.6 Å². The maximum atomic E-state index is 13.3. The molecular weight excluding hydrogens is 427 g/mol. The van der Waals surface area contributed by atoms with Crippen molar-refractivity contribution in [1.82, 2.24) is 20.2 Å². The quantitative estimate of drug-likeness (QED) is 0.533. The van der Waals surface area contributed by atoms with Crippen LogP contribution in [-0.2, 0) is 11.0 Å². The number of nitrogens with zero attached hydrogens (tertiary/aromatic N) is 4. The van der Waals surface area contributed by atoms with E-state index in [1.54, 1.807) is 0 Å². The topological polar surface area (TPSA) is 72.7 Å². The Kier molecular flexibility index (Phi) is 6.68. The SMILES string of the molecule is Cc1ccc(-n2nnnc2SC(C(=O)Nc2ccccc2C(F)(F)F)C(C)C)cc1C. The molecule has 31 heavy (non-hydrogen) atoms. The Balaban J connectivity index is 1.86. The van der Waals surface area contributed by atoms with E-state index in [9.17, 15) is 18.0 Å².